The molecule has 4 aliphatic rings. The summed E-state index contributed by atoms with van der Waals surface area (Å²) in [4.78, 5) is 34.8. The predicted octanol–water partition coefficient (Wildman–Crippen LogP) is -1.27. The minimum atomic E-state index is -1.26. The first-order chi connectivity index (χ1) is 12.8. The molecule has 2 heterocycles. The van der Waals surface area contributed by atoms with Gasteiger partial charge in [-0.15, -0.1) is 0 Å². The molecule has 28 heavy (non-hydrogen) atoms. The Morgan fingerprint density at radius 1 is 1.11 bits per heavy atom. The monoisotopic (exact) mass is 404 g/mol. The van der Waals surface area contributed by atoms with E-state index in [1.807, 2.05) is 13.8 Å². The van der Waals surface area contributed by atoms with Crippen LogP contribution < -0.4 is 34.7 Å². The number of rotatable bonds is 4. The molecule has 4 fully saturated rings. The molecule has 4 rings (SSSR count). The Morgan fingerprint density at radius 3 is 2.57 bits per heavy atom. The number of carboxylic acid groups (broad SMARTS) is 1. The molecule has 0 aromatic carbocycles. The fourth-order valence-electron chi connectivity index (χ4n) is 6.09. The molecule has 0 N–H and O–H groups in total. The largest absolute Gasteiger partial charge is 1.00 e. The van der Waals surface area contributed by atoms with E-state index in [1.165, 1.54) is 0 Å². The van der Waals surface area contributed by atoms with Crippen molar-refractivity contribution in [1.29, 1.82) is 0 Å². The molecule has 0 aromatic heterocycles. The summed E-state index contributed by atoms with van der Waals surface area (Å²) in [6.45, 7) is 6.34. The molecule has 1 unspecified atom stereocenters. The first kappa shape index (κ1) is 22.5. The molecule has 8 atom stereocenters. The normalized spacial score (nSPS) is 46.7. The van der Waals surface area contributed by atoms with Crippen LogP contribution in [0.15, 0.2) is 0 Å². The molecule has 2 aliphatic heterocycles. The summed E-state index contributed by atoms with van der Waals surface area (Å²) in [5.41, 5.74) is -1.05. The molecule has 8 heteroatoms. The van der Waals surface area contributed by atoms with E-state index in [9.17, 15) is 14.7 Å². The summed E-state index contributed by atoms with van der Waals surface area (Å²) < 4.78 is 11.9. The van der Waals surface area contributed by atoms with E-state index in [2.05, 4.69) is 6.92 Å². The van der Waals surface area contributed by atoms with Crippen LogP contribution in [0.3, 0.4) is 0 Å². The van der Waals surface area contributed by atoms with Crippen LogP contribution in [0.25, 0.3) is 0 Å². The van der Waals surface area contributed by atoms with Crippen molar-refractivity contribution in [3.8, 4) is 0 Å². The van der Waals surface area contributed by atoms with Gasteiger partial charge in [0.15, 0.2) is 0 Å². The summed E-state index contributed by atoms with van der Waals surface area (Å²) in [5, 5.41) is 10.6. The van der Waals surface area contributed by atoms with Gasteiger partial charge in [-0.2, -0.15) is 0 Å². The molecule has 152 valence electrons. The summed E-state index contributed by atoms with van der Waals surface area (Å²) in [6, 6.07) is 0. The van der Waals surface area contributed by atoms with Gasteiger partial charge in [-0.05, 0) is 57.3 Å². The van der Waals surface area contributed by atoms with E-state index in [0.717, 1.165) is 32.1 Å². The van der Waals surface area contributed by atoms with Crippen LogP contribution in [-0.2, 0) is 28.8 Å². The minimum absolute atomic E-state index is 0. The number of esters is 1. The molecule has 1 spiro atoms. The maximum Gasteiger partial charge on any atom is 1.00 e. The minimum Gasteiger partial charge on any atom is -0.550 e. The number of hydrogen-bond acceptors (Lipinski definition) is 7. The van der Waals surface area contributed by atoms with Gasteiger partial charge in [0.25, 0.3) is 0 Å². The van der Waals surface area contributed by atoms with Crippen LogP contribution in [0.1, 0.15) is 65.7 Å². The van der Waals surface area contributed by atoms with E-state index in [1.54, 1.807) is 0 Å². The second kappa shape index (κ2) is 8.16. The summed E-state index contributed by atoms with van der Waals surface area (Å²) in [5.74, 6) is -0.804. The fourth-order valence-corrected chi connectivity index (χ4v) is 6.09. The Bertz CT molecular complexity index is 628. The molecule has 2 bridgehead atoms. The zero-order valence-electron chi connectivity index (χ0n) is 17.3. The molecule has 2 saturated carbocycles. The molecule has 0 aromatic rings. The van der Waals surface area contributed by atoms with E-state index in [4.69, 9.17) is 19.2 Å². The van der Waals surface area contributed by atoms with Crippen molar-refractivity contribution in [3.05, 3.63) is 0 Å². The molecular weight excluding hydrogens is 375 g/mol. The van der Waals surface area contributed by atoms with Crippen LogP contribution in [0.2, 0.25) is 0 Å². The van der Waals surface area contributed by atoms with Crippen molar-refractivity contribution in [3.63, 3.8) is 0 Å². The third-order valence-electron chi connectivity index (χ3n) is 7.42. The number of carbonyl (C=O) groups excluding carboxylic acids is 2. The molecule has 7 nitrogen and oxygen atoms in total. The maximum absolute atomic E-state index is 12.1. The molecule has 2 aliphatic carbocycles. The van der Waals surface area contributed by atoms with Gasteiger partial charge in [-0.3, -0.25) is 4.79 Å². The predicted molar refractivity (Wildman–Crippen MR) is 90.7 cm³/mol. The van der Waals surface area contributed by atoms with Gasteiger partial charge in [0.2, 0.25) is 6.29 Å². The van der Waals surface area contributed by atoms with Gasteiger partial charge in [-0.1, -0.05) is 13.8 Å². The zero-order valence-corrected chi connectivity index (χ0v) is 19.3. The van der Waals surface area contributed by atoms with Crippen LogP contribution >= 0.6 is 0 Å². The van der Waals surface area contributed by atoms with Crippen LogP contribution in [0, 0.1) is 23.7 Å². The average molecular weight is 404 g/mol. The van der Waals surface area contributed by atoms with Gasteiger partial charge in [0.1, 0.15) is 17.3 Å². The van der Waals surface area contributed by atoms with Gasteiger partial charge in [0, 0.05) is 17.8 Å². The van der Waals surface area contributed by atoms with E-state index >= 15 is 0 Å². The number of aliphatic carboxylic acids is 1. The van der Waals surface area contributed by atoms with Gasteiger partial charge in [0.05, 0.1) is 6.42 Å². The van der Waals surface area contributed by atoms with Crippen molar-refractivity contribution in [2.45, 2.75) is 89.3 Å². The molecule has 0 amide bonds. The molecular formula is C20H29NaO7. The third-order valence-corrected chi connectivity index (χ3v) is 7.42. The smallest absolute Gasteiger partial charge is 0.550 e. The molecule has 2 saturated heterocycles. The number of ether oxygens (including phenoxy) is 2. The van der Waals surface area contributed by atoms with Crippen molar-refractivity contribution in [2.24, 2.45) is 23.7 Å². The number of carboxylic acids is 1. The van der Waals surface area contributed by atoms with E-state index in [0.29, 0.717) is 11.8 Å². The van der Waals surface area contributed by atoms with Crippen molar-refractivity contribution < 1.29 is 63.5 Å². The topological polar surface area (TPSA) is 94.1 Å². The Hall–Kier alpha value is -0.180. The summed E-state index contributed by atoms with van der Waals surface area (Å²) in [6.07, 6.45) is 3.53. The molecule has 0 radical (unpaired) electrons. The standard InChI is InChI=1S/C20H30O7.Na/c1-11-6-7-14-12(2)17(24-16(23)9-8-15(21)22)25-18-19(3)10-4-5-13(11)20(14,18)27-26-19;/h11-14,17-18H,4-10H2,1-3H3,(H,21,22);/q;+1/p-1/t11-,12-,13+,14+,17?,18-,19+,20-;/m1./s1. The van der Waals surface area contributed by atoms with Gasteiger partial charge < -0.3 is 19.4 Å². The van der Waals surface area contributed by atoms with Crippen LogP contribution in [0.5, 0.6) is 0 Å². The second-order valence-electron chi connectivity index (χ2n) is 9.10. The first-order valence-corrected chi connectivity index (χ1v) is 10.2. The van der Waals surface area contributed by atoms with Crippen molar-refractivity contribution >= 4 is 11.9 Å². The Morgan fingerprint density at radius 2 is 1.86 bits per heavy atom. The van der Waals surface area contributed by atoms with Crippen LogP contribution in [-0.4, -0.2) is 35.5 Å². The first-order valence-electron chi connectivity index (χ1n) is 10.2. The van der Waals surface area contributed by atoms with Crippen molar-refractivity contribution in [2.75, 3.05) is 0 Å². The SMILES string of the molecule is C[C@@H]1CC[C@H]2[C@@H](C)C(OC(=O)CCC(=O)[O-])O[C@H]3[C@]24OO[C@@]3(C)CCC[C@@H]14.[Na+]. The van der Waals surface area contributed by atoms with Gasteiger partial charge >= 0.3 is 35.5 Å². The fraction of sp³-hybridized carbons (Fsp3) is 0.900. The number of carbonyl (C=O) groups is 2. The Balaban J connectivity index is 0.00000225. The van der Waals surface area contributed by atoms with E-state index < -0.39 is 29.4 Å². The average Bonchev–Trinajstić information content (AvgIpc) is 2.81. The number of hydrogen-bond donors (Lipinski definition) is 0. The Labute approximate surface area is 188 Å². The van der Waals surface area contributed by atoms with Crippen molar-refractivity contribution in [1.82, 2.24) is 0 Å². The van der Waals surface area contributed by atoms with E-state index in [-0.39, 0.29) is 60.3 Å². The third kappa shape index (κ3) is 3.46. The second-order valence-corrected chi connectivity index (χ2v) is 9.10. The zero-order chi connectivity index (χ0) is 19.4. The van der Waals surface area contributed by atoms with Gasteiger partial charge in [-0.25, -0.2) is 9.78 Å². The van der Waals surface area contributed by atoms with Crippen LogP contribution in [0.4, 0.5) is 0 Å². The maximum atomic E-state index is 12.1. The Kier molecular flexibility index (Phi) is 6.56. The summed E-state index contributed by atoms with van der Waals surface area (Å²) >= 11 is 0. The summed E-state index contributed by atoms with van der Waals surface area (Å²) in [7, 11) is 0. The quantitative estimate of drug-likeness (QED) is 0.328.